The average Bonchev–Trinajstić information content (AvgIpc) is 3.03. The minimum atomic E-state index is -0.694. The molecule has 160 valence electrons. The first-order valence-electron chi connectivity index (χ1n) is 10.7. The molecule has 0 saturated heterocycles. The average molecular weight is 395 g/mol. The summed E-state index contributed by atoms with van der Waals surface area (Å²) in [6.45, 7) is 13.3. The zero-order valence-corrected chi connectivity index (χ0v) is 18.2. The number of rotatable bonds is 8. The van der Waals surface area contributed by atoms with Crippen molar-refractivity contribution < 1.29 is 24.5 Å². The summed E-state index contributed by atoms with van der Waals surface area (Å²) >= 11 is 0. The lowest BCUT2D eigenvalue weighted by Gasteiger charge is -2.56. The summed E-state index contributed by atoms with van der Waals surface area (Å²) in [7, 11) is 0. The monoisotopic (exact) mass is 394 g/mol. The minimum absolute atomic E-state index is 0.0661. The van der Waals surface area contributed by atoms with Crippen LogP contribution in [0.2, 0.25) is 0 Å². The predicted octanol–water partition coefficient (Wildman–Crippen LogP) is 3.67. The van der Waals surface area contributed by atoms with Gasteiger partial charge in [-0.25, -0.2) is 4.79 Å². The van der Waals surface area contributed by atoms with E-state index in [0.29, 0.717) is 18.8 Å². The van der Waals surface area contributed by atoms with E-state index in [1.807, 2.05) is 6.92 Å². The van der Waals surface area contributed by atoms with Crippen LogP contribution in [0.5, 0.6) is 0 Å². The maximum absolute atomic E-state index is 13.1. The number of ether oxygens (including phenoxy) is 1. The Labute approximate surface area is 169 Å². The highest BCUT2D eigenvalue weighted by molar-refractivity contribution is 5.85. The van der Waals surface area contributed by atoms with Crippen LogP contribution in [0.3, 0.4) is 0 Å². The highest BCUT2D eigenvalue weighted by Gasteiger charge is 2.63. The third-order valence-corrected chi connectivity index (χ3v) is 8.33. The highest BCUT2D eigenvalue weighted by Crippen LogP contribution is 2.64. The van der Waals surface area contributed by atoms with E-state index in [2.05, 4.69) is 27.4 Å². The van der Waals surface area contributed by atoms with Crippen molar-refractivity contribution in [2.24, 2.45) is 28.1 Å². The normalized spacial score (nSPS) is 36.9. The van der Waals surface area contributed by atoms with Gasteiger partial charge in [0.25, 0.3) is 0 Å². The third-order valence-electron chi connectivity index (χ3n) is 8.33. The fourth-order valence-electron chi connectivity index (χ4n) is 5.99. The quantitative estimate of drug-likeness (QED) is 0.485. The molecule has 7 atom stereocenters. The van der Waals surface area contributed by atoms with E-state index in [0.717, 1.165) is 25.7 Å². The summed E-state index contributed by atoms with van der Waals surface area (Å²) in [4.78, 5) is 25.2. The van der Waals surface area contributed by atoms with Gasteiger partial charge in [-0.1, -0.05) is 33.8 Å². The van der Waals surface area contributed by atoms with Gasteiger partial charge in [0.15, 0.2) is 0 Å². The largest absolute Gasteiger partial charge is 0.460 e. The Hall–Kier alpha value is -1.20. The second kappa shape index (κ2) is 8.27. The molecular weight excluding hydrogens is 356 g/mol. The molecule has 0 aliphatic heterocycles. The minimum Gasteiger partial charge on any atom is -0.460 e. The standard InChI is InChI=1S/C23H38O5/c1-7-21(5,16(4)25)13-18(28-19(27)14-24)22(6)11-9-15(3)23(8-2)12-10-17(26)20(22)23/h7,15-16,18,20,24-25H,1,8-14H2,2-6H3/t15-,16+,18-,20+,21?,22+,23+/m1/s1. The number of hydrogen-bond acceptors (Lipinski definition) is 5. The van der Waals surface area contributed by atoms with Crippen LogP contribution in [0.4, 0.5) is 0 Å². The maximum atomic E-state index is 13.1. The van der Waals surface area contributed by atoms with Gasteiger partial charge in [-0.3, -0.25) is 4.79 Å². The number of aliphatic hydroxyl groups is 2. The Balaban J connectivity index is 2.52. The molecule has 0 heterocycles. The Bertz CT molecular complexity index is 614. The summed E-state index contributed by atoms with van der Waals surface area (Å²) in [5, 5.41) is 19.6. The van der Waals surface area contributed by atoms with Crippen molar-refractivity contribution in [3.8, 4) is 0 Å². The number of aliphatic hydroxyl groups excluding tert-OH is 2. The van der Waals surface area contributed by atoms with Gasteiger partial charge in [0, 0.05) is 23.2 Å². The first-order valence-corrected chi connectivity index (χ1v) is 10.7. The van der Waals surface area contributed by atoms with Crippen molar-refractivity contribution in [1.82, 2.24) is 0 Å². The van der Waals surface area contributed by atoms with Crippen molar-refractivity contribution >= 4 is 11.8 Å². The number of carbonyl (C=O) groups is 2. The molecule has 0 radical (unpaired) electrons. The summed E-state index contributed by atoms with van der Waals surface area (Å²) in [6, 6.07) is 0. The molecule has 5 heteroatoms. The van der Waals surface area contributed by atoms with E-state index >= 15 is 0 Å². The fraction of sp³-hybridized carbons (Fsp3) is 0.826. The van der Waals surface area contributed by atoms with Crippen molar-refractivity contribution in [3.63, 3.8) is 0 Å². The summed E-state index contributed by atoms with van der Waals surface area (Å²) in [5.41, 5.74) is -1.26. The van der Waals surface area contributed by atoms with E-state index in [1.54, 1.807) is 13.0 Å². The number of esters is 1. The van der Waals surface area contributed by atoms with Crippen molar-refractivity contribution in [3.05, 3.63) is 12.7 Å². The van der Waals surface area contributed by atoms with Crippen LogP contribution in [0.1, 0.15) is 73.1 Å². The molecule has 28 heavy (non-hydrogen) atoms. The molecule has 2 aliphatic carbocycles. The van der Waals surface area contributed by atoms with Crippen LogP contribution in [-0.2, 0) is 14.3 Å². The van der Waals surface area contributed by atoms with Crippen LogP contribution < -0.4 is 0 Å². The third kappa shape index (κ3) is 3.68. The number of carbonyl (C=O) groups excluding carboxylic acids is 2. The highest BCUT2D eigenvalue weighted by atomic mass is 16.6. The topological polar surface area (TPSA) is 83.8 Å². The summed E-state index contributed by atoms with van der Waals surface area (Å²) in [5.74, 6) is -0.153. The molecule has 1 unspecified atom stereocenters. The summed E-state index contributed by atoms with van der Waals surface area (Å²) < 4.78 is 5.77. The first kappa shape index (κ1) is 23.1. The van der Waals surface area contributed by atoms with Crippen LogP contribution >= 0.6 is 0 Å². The number of hydrogen-bond donors (Lipinski definition) is 2. The van der Waals surface area contributed by atoms with Gasteiger partial charge in [-0.15, -0.1) is 6.58 Å². The molecule has 2 saturated carbocycles. The molecular formula is C23H38O5. The first-order chi connectivity index (χ1) is 13.0. The molecule has 2 aliphatic rings. The van der Waals surface area contributed by atoms with E-state index < -0.39 is 35.6 Å². The van der Waals surface area contributed by atoms with Crippen molar-refractivity contribution in [2.45, 2.75) is 85.4 Å². The zero-order chi connectivity index (χ0) is 21.3. The Morgan fingerprint density at radius 2 is 2.11 bits per heavy atom. The predicted molar refractivity (Wildman–Crippen MR) is 109 cm³/mol. The van der Waals surface area contributed by atoms with E-state index in [-0.39, 0.29) is 17.1 Å². The van der Waals surface area contributed by atoms with Gasteiger partial charge in [0.1, 0.15) is 18.5 Å². The fourth-order valence-corrected chi connectivity index (χ4v) is 5.99. The lowest BCUT2D eigenvalue weighted by Crippen LogP contribution is -2.56. The molecule has 0 spiro atoms. The van der Waals surface area contributed by atoms with Gasteiger partial charge in [-0.2, -0.15) is 0 Å². The Morgan fingerprint density at radius 1 is 1.46 bits per heavy atom. The lowest BCUT2D eigenvalue weighted by atomic mass is 9.49. The smallest absolute Gasteiger partial charge is 0.332 e. The molecule has 0 aromatic rings. The van der Waals surface area contributed by atoms with Gasteiger partial charge < -0.3 is 14.9 Å². The van der Waals surface area contributed by atoms with E-state index in [4.69, 9.17) is 4.74 Å². The van der Waals surface area contributed by atoms with Crippen LogP contribution in [0, 0.1) is 28.1 Å². The van der Waals surface area contributed by atoms with Gasteiger partial charge >= 0.3 is 5.97 Å². The molecule has 0 bridgehead atoms. The molecule has 2 N–H and O–H groups in total. The van der Waals surface area contributed by atoms with Crippen LogP contribution in [0.15, 0.2) is 12.7 Å². The SMILES string of the molecule is C=CC(C)(C[C@@H](OC(=O)CO)[C@]1(C)CC[C@@H](C)[C@]2(CC)CCC(=O)[C@@H]12)[C@H](C)O. The van der Waals surface area contributed by atoms with E-state index in [1.165, 1.54) is 0 Å². The second-order valence-corrected chi connectivity index (χ2v) is 9.66. The van der Waals surface area contributed by atoms with Crippen molar-refractivity contribution in [1.29, 1.82) is 0 Å². The van der Waals surface area contributed by atoms with Gasteiger partial charge in [0.2, 0.25) is 0 Å². The zero-order valence-electron chi connectivity index (χ0n) is 18.2. The lowest BCUT2D eigenvalue weighted by molar-refractivity contribution is -0.180. The maximum Gasteiger partial charge on any atom is 0.332 e. The second-order valence-electron chi connectivity index (χ2n) is 9.66. The molecule has 2 rings (SSSR count). The molecule has 0 aromatic heterocycles. The Morgan fingerprint density at radius 3 is 2.61 bits per heavy atom. The number of ketones is 1. The Kier molecular flexibility index (Phi) is 6.82. The number of Topliss-reactive ketones (excluding diaryl/α,β-unsaturated/α-hetero) is 1. The molecule has 0 amide bonds. The molecule has 5 nitrogen and oxygen atoms in total. The number of fused-ring (bicyclic) bond motifs is 1. The molecule has 2 fully saturated rings. The van der Waals surface area contributed by atoms with Crippen LogP contribution in [-0.4, -0.2) is 40.8 Å². The van der Waals surface area contributed by atoms with Crippen LogP contribution in [0.25, 0.3) is 0 Å². The van der Waals surface area contributed by atoms with Gasteiger partial charge in [0.05, 0.1) is 6.10 Å². The summed E-state index contributed by atoms with van der Waals surface area (Å²) in [6.07, 6.45) is 4.97. The van der Waals surface area contributed by atoms with Gasteiger partial charge in [-0.05, 0) is 50.4 Å². The van der Waals surface area contributed by atoms with Crippen molar-refractivity contribution in [2.75, 3.05) is 6.61 Å². The van der Waals surface area contributed by atoms with E-state index in [9.17, 15) is 19.8 Å². The molecule has 0 aromatic carbocycles.